The summed E-state index contributed by atoms with van der Waals surface area (Å²) in [5, 5.41) is 3.00. The number of amides is 1. The molecule has 0 saturated carbocycles. The molecule has 1 aliphatic heterocycles. The molecule has 1 saturated heterocycles. The van der Waals surface area contributed by atoms with Crippen molar-refractivity contribution >= 4 is 27.5 Å². The van der Waals surface area contributed by atoms with Crippen LogP contribution in [0.2, 0.25) is 5.02 Å². The van der Waals surface area contributed by atoms with E-state index in [0.717, 1.165) is 17.1 Å². The van der Waals surface area contributed by atoms with Gasteiger partial charge in [0.1, 0.15) is 5.82 Å². The highest BCUT2D eigenvalue weighted by Crippen LogP contribution is 2.24. The Labute approximate surface area is 191 Å². The lowest BCUT2D eigenvalue weighted by Gasteiger charge is -2.26. The molecule has 8 nitrogen and oxygen atoms in total. The molecule has 0 bridgehead atoms. The van der Waals surface area contributed by atoms with Gasteiger partial charge in [0.15, 0.2) is 0 Å². The first kappa shape index (κ1) is 22.5. The van der Waals surface area contributed by atoms with E-state index in [1.165, 1.54) is 22.5 Å². The number of carbonyl (C=O) groups is 1. The van der Waals surface area contributed by atoms with Gasteiger partial charge in [-0.1, -0.05) is 23.7 Å². The van der Waals surface area contributed by atoms with Crippen LogP contribution < -0.4 is 5.32 Å². The Morgan fingerprint density at radius 3 is 2.53 bits per heavy atom. The van der Waals surface area contributed by atoms with Crippen molar-refractivity contribution in [2.45, 2.75) is 18.4 Å². The van der Waals surface area contributed by atoms with Crippen molar-refractivity contribution < 1.29 is 17.9 Å². The fraction of sp³-hybridized carbons (Fsp3) is 0.273. The first-order chi connectivity index (χ1) is 15.4. The lowest BCUT2D eigenvalue weighted by atomic mass is 10.1. The molecule has 0 spiro atoms. The summed E-state index contributed by atoms with van der Waals surface area (Å²) in [5.41, 5.74) is 1.99. The topological polar surface area (TPSA) is 93.5 Å². The summed E-state index contributed by atoms with van der Waals surface area (Å²) >= 11 is 6.20. The van der Waals surface area contributed by atoms with E-state index in [0.29, 0.717) is 13.2 Å². The summed E-state index contributed by atoms with van der Waals surface area (Å²) in [7, 11) is -3.72. The van der Waals surface area contributed by atoms with Crippen molar-refractivity contribution in [1.29, 1.82) is 0 Å². The number of aryl methyl sites for hydroxylation is 1. The lowest BCUT2D eigenvalue weighted by Crippen LogP contribution is -2.40. The van der Waals surface area contributed by atoms with Crippen LogP contribution in [0.5, 0.6) is 0 Å². The summed E-state index contributed by atoms with van der Waals surface area (Å²) in [4.78, 5) is 17.0. The van der Waals surface area contributed by atoms with Crippen molar-refractivity contribution in [3.8, 4) is 5.69 Å². The van der Waals surface area contributed by atoms with Crippen molar-refractivity contribution in [3.05, 3.63) is 76.8 Å². The van der Waals surface area contributed by atoms with E-state index < -0.39 is 15.9 Å². The molecule has 0 aliphatic carbocycles. The average molecular weight is 475 g/mol. The highest BCUT2D eigenvalue weighted by molar-refractivity contribution is 7.89. The Hall–Kier alpha value is -2.72. The predicted octanol–water partition coefficient (Wildman–Crippen LogP) is 2.79. The van der Waals surface area contributed by atoms with E-state index in [1.807, 2.05) is 42.0 Å². The lowest BCUT2D eigenvalue weighted by molar-refractivity contribution is 0.0730. The minimum atomic E-state index is -3.72. The Morgan fingerprint density at radius 1 is 1.16 bits per heavy atom. The van der Waals surface area contributed by atoms with Crippen LogP contribution in [0.15, 0.2) is 59.8 Å². The zero-order chi connectivity index (χ0) is 22.7. The third-order valence-corrected chi connectivity index (χ3v) is 7.51. The van der Waals surface area contributed by atoms with E-state index in [4.69, 9.17) is 16.3 Å². The predicted molar refractivity (Wildman–Crippen MR) is 121 cm³/mol. The van der Waals surface area contributed by atoms with Gasteiger partial charge in [-0.25, -0.2) is 13.4 Å². The summed E-state index contributed by atoms with van der Waals surface area (Å²) < 4.78 is 34.3. The van der Waals surface area contributed by atoms with E-state index in [-0.39, 0.29) is 35.1 Å². The van der Waals surface area contributed by atoms with E-state index in [1.54, 1.807) is 6.20 Å². The van der Waals surface area contributed by atoms with E-state index in [2.05, 4.69) is 10.3 Å². The Morgan fingerprint density at radius 2 is 1.88 bits per heavy atom. The molecule has 1 fully saturated rings. The molecule has 1 N–H and O–H groups in total. The minimum Gasteiger partial charge on any atom is -0.379 e. The molecule has 10 heteroatoms. The van der Waals surface area contributed by atoms with E-state index >= 15 is 0 Å². The van der Waals surface area contributed by atoms with Crippen LogP contribution in [0.3, 0.4) is 0 Å². The molecule has 2 heterocycles. The number of aromatic nitrogens is 2. The maximum Gasteiger partial charge on any atom is 0.253 e. The number of benzene rings is 2. The number of carbonyl (C=O) groups excluding carboxylic acids is 1. The van der Waals surface area contributed by atoms with Crippen LogP contribution in [0.25, 0.3) is 5.69 Å². The first-order valence-corrected chi connectivity index (χ1v) is 11.9. The number of ether oxygens (including phenoxy) is 1. The summed E-state index contributed by atoms with van der Waals surface area (Å²) in [6, 6.07) is 11.9. The van der Waals surface area contributed by atoms with Crippen LogP contribution in [0.4, 0.5) is 0 Å². The van der Waals surface area contributed by atoms with Gasteiger partial charge in [-0.05, 0) is 42.8 Å². The average Bonchev–Trinajstić information content (AvgIpc) is 3.24. The van der Waals surface area contributed by atoms with Gasteiger partial charge in [0.2, 0.25) is 10.0 Å². The highest BCUT2D eigenvalue weighted by Gasteiger charge is 2.27. The SMILES string of the molecule is Cc1nccn1-c1ccc(CNC(=O)c2cc(S(=O)(=O)N3CCOCC3)ccc2Cl)cc1. The number of sulfonamides is 1. The molecule has 32 heavy (non-hydrogen) atoms. The smallest absolute Gasteiger partial charge is 0.253 e. The largest absolute Gasteiger partial charge is 0.379 e. The van der Waals surface area contributed by atoms with Crippen LogP contribution in [0.1, 0.15) is 21.7 Å². The molecule has 3 aromatic rings. The van der Waals surface area contributed by atoms with Crippen molar-refractivity contribution in [1.82, 2.24) is 19.2 Å². The van der Waals surface area contributed by atoms with Crippen LogP contribution >= 0.6 is 11.6 Å². The second-order valence-corrected chi connectivity index (χ2v) is 9.70. The highest BCUT2D eigenvalue weighted by atomic mass is 35.5. The number of halogens is 1. The quantitative estimate of drug-likeness (QED) is 0.593. The van der Waals surface area contributed by atoms with Gasteiger partial charge in [-0.2, -0.15) is 4.31 Å². The number of imidazole rings is 1. The maximum atomic E-state index is 12.9. The second kappa shape index (κ2) is 9.41. The number of morpholine rings is 1. The normalized spacial score (nSPS) is 14.9. The number of hydrogen-bond donors (Lipinski definition) is 1. The van der Waals surface area contributed by atoms with Gasteiger partial charge < -0.3 is 14.6 Å². The van der Waals surface area contributed by atoms with Gasteiger partial charge in [0.25, 0.3) is 5.91 Å². The zero-order valence-electron chi connectivity index (χ0n) is 17.5. The van der Waals surface area contributed by atoms with Crippen LogP contribution in [-0.4, -0.2) is 54.5 Å². The van der Waals surface area contributed by atoms with Gasteiger partial charge in [-0.15, -0.1) is 0 Å². The van der Waals surface area contributed by atoms with Gasteiger partial charge in [0.05, 0.1) is 28.7 Å². The van der Waals surface area contributed by atoms with E-state index in [9.17, 15) is 13.2 Å². The Bertz CT molecular complexity index is 1220. The zero-order valence-corrected chi connectivity index (χ0v) is 19.1. The van der Waals surface area contributed by atoms with Crippen LogP contribution in [-0.2, 0) is 21.3 Å². The molecular weight excluding hydrogens is 452 g/mol. The molecule has 1 aliphatic rings. The summed E-state index contributed by atoms with van der Waals surface area (Å²) in [5.74, 6) is 0.441. The van der Waals surface area contributed by atoms with Crippen molar-refractivity contribution in [2.75, 3.05) is 26.3 Å². The molecule has 1 amide bonds. The number of nitrogens with one attached hydrogen (secondary N) is 1. The molecule has 0 radical (unpaired) electrons. The fourth-order valence-corrected chi connectivity index (χ4v) is 5.12. The summed E-state index contributed by atoms with van der Waals surface area (Å²) in [6.07, 6.45) is 3.62. The molecular formula is C22H23ClN4O4S. The summed E-state index contributed by atoms with van der Waals surface area (Å²) in [6.45, 7) is 3.45. The maximum absolute atomic E-state index is 12.9. The molecule has 168 valence electrons. The van der Waals surface area contributed by atoms with Crippen molar-refractivity contribution in [2.24, 2.45) is 0 Å². The molecule has 1 aromatic heterocycles. The van der Waals surface area contributed by atoms with Gasteiger partial charge in [-0.3, -0.25) is 4.79 Å². The monoisotopic (exact) mass is 474 g/mol. The molecule has 0 atom stereocenters. The third-order valence-electron chi connectivity index (χ3n) is 5.28. The first-order valence-electron chi connectivity index (χ1n) is 10.1. The molecule has 2 aromatic carbocycles. The Balaban J connectivity index is 1.46. The standard InChI is InChI=1S/C22H23ClN4O4S/c1-16-24-8-9-27(16)18-4-2-17(3-5-18)15-25-22(28)20-14-19(6-7-21(20)23)32(29,30)26-10-12-31-13-11-26/h2-9,14H,10-13,15H2,1H3,(H,25,28). The Kier molecular flexibility index (Phi) is 6.61. The molecule has 0 unspecified atom stereocenters. The number of rotatable bonds is 6. The second-order valence-electron chi connectivity index (χ2n) is 7.35. The minimum absolute atomic E-state index is 0.0361. The third kappa shape index (κ3) is 4.71. The van der Waals surface area contributed by atoms with Crippen molar-refractivity contribution in [3.63, 3.8) is 0 Å². The number of nitrogens with zero attached hydrogens (tertiary/aromatic N) is 3. The van der Waals surface area contributed by atoms with Gasteiger partial charge >= 0.3 is 0 Å². The number of hydrogen-bond acceptors (Lipinski definition) is 5. The van der Waals surface area contributed by atoms with Crippen LogP contribution in [0, 0.1) is 6.92 Å². The fourth-order valence-electron chi connectivity index (χ4n) is 3.48. The molecule has 4 rings (SSSR count). The van der Waals surface area contributed by atoms with Gasteiger partial charge in [0, 0.05) is 37.7 Å².